The molecule has 0 saturated carbocycles. The molecule has 0 N–H and O–H groups in total. The van der Waals surface area contributed by atoms with Gasteiger partial charge in [-0.15, -0.1) is 0 Å². The summed E-state index contributed by atoms with van der Waals surface area (Å²) in [6, 6.07) is 18.2. The van der Waals surface area contributed by atoms with Crippen LogP contribution >= 0.6 is 0 Å². The number of anilines is 1. The molecule has 0 aliphatic carbocycles. The zero-order chi connectivity index (χ0) is 28.3. The second kappa shape index (κ2) is 11.4. The van der Waals surface area contributed by atoms with Crippen LogP contribution in [0.1, 0.15) is 46.8 Å². The summed E-state index contributed by atoms with van der Waals surface area (Å²) in [4.78, 5) is 41.5. The molecule has 6 nitrogen and oxygen atoms in total. The van der Waals surface area contributed by atoms with E-state index in [2.05, 4.69) is 0 Å². The zero-order valence-corrected chi connectivity index (χ0v) is 22.2. The van der Waals surface area contributed by atoms with Gasteiger partial charge >= 0.3 is 5.97 Å². The molecule has 5 rings (SSSR count). The average Bonchev–Trinajstić information content (AvgIpc) is 3.25. The normalized spacial score (nSPS) is 15.9. The topological polar surface area (TPSA) is 66.9 Å². The molecule has 0 radical (unpaired) electrons. The predicted molar refractivity (Wildman–Crippen MR) is 147 cm³/mol. The molecule has 3 aromatic rings. The lowest BCUT2D eigenvalue weighted by Crippen LogP contribution is -2.47. The van der Waals surface area contributed by atoms with Crippen molar-refractivity contribution in [2.75, 3.05) is 31.1 Å². The van der Waals surface area contributed by atoms with Crippen molar-refractivity contribution >= 4 is 23.5 Å². The number of piperidine rings is 1. The maximum atomic E-state index is 14.3. The summed E-state index contributed by atoms with van der Waals surface area (Å²) in [6.45, 7) is 3.12. The van der Waals surface area contributed by atoms with E-state index in [1.165, 1.54) is 30.3 Å². The van der Waals surface area contributed by atoms with Crippen LogP contribution in [0.3, 0.4) is 0 Å². The Morgan fingerprint density at radius 1 is 0.900 bits per heavy atom. The number of amides is 2. The molecule has 0 atom stereocenters. The van der Waals surface area contributed by atoms with Gasteiger partial charge in [-0.25, -0.2) is 13.6 Å². The van der Waals surface area contributed by atoms with Crippen LogP contribution in [0.4, 0.5) is 14.5 Å². The van der Waals surface area contributed by atoms with Crippen molar-refractivity contribution in [1.29, 1.82) is 0 Å². The van der Waals surface area contributed by atoms with Crippen molar-refractivity contribution in [3.8, 4) is 0 Å². The molecular formula is C32H30F2N2O4. The van der Waals surface area contributed by atoms with Crippen molar-refractivity contribution in [2.45, 2.75) is 31.6 Å². The van der Waals surface area contributed by atoms with Gasteiger partial charge in [0.1, 0.15) is 11.6 Å². The number of esters is 1. The van der Waals surface area contributed by atoms with Crippen LogP contribution in [0.15, 0.2) is 78.9 Å². The number of hydrogen-bond donors (Lipinski definition) is 0. The zero-order valence-electron chi connectivity index (χ0n) is 22.2. The third-order valence-electron chi connectivity index (χ3n) is 7.68. The quantitative estimate of drug-likeness (QED) is 0.316. The second-order valence-electron chi connectivity index (χ2n) is 10.3. The molecule has 206 valence electrons. The molecule has 3 aromatic carbocycles. The SMILES string of the molecule is CCOC(=O)/C=C/C(=O)N1CC2(CCN(C(=O)c3cccc(Cc4cccc(F)c4)c3)CC2)c2cc(F)ccc21. The van der Waals surface area contributed by atoms with E-state index >= 15 is 0 Å². The summed E-state index contributed by atoms with van der Waals surface area (Å²) in [5.74, 6) is -1.76. The molecule has 1 spiro atoms. The van der Waals surface area contributed by atoms with Crippen molar-refractivity contribution in [3.63, 3.8) is 0 Å². The number of hydrogen-bond acceptors (Lipinski definition) is 4. The first-order valence-corrected chi connectivity index (χ1v) is 13.4. The van der Waals surface area contributed by atoms with Crippen LogP contribution in [0.2, 0.25) is 0 Å². The molecule has 2 aliphatic heterocycles. The van der Waals surface area contributed by atoms with Crippen molar-refractivity contribution in [2.24, 2.45) is 0 Å². The average molecular weight is 545 g/mol. The van der Waals surface area contributed by atoms with Gasteiger partial charge in [-0.2, -0.15) is 0 Å². The number of nitrogens with zero attached hydrogens (tertiary/aromatic N) is 2. The van der Waals surface area contributed by atoms with Gasteiger partial charge in [0, 0.05) is 48.5 Å². The molecular weight excluding hydrogens is 514 g/mol. The van der Waals surface area contributed by atoms with Crippen LogP contribution in [0.5, 0.6) is 0 Å². The maximum Gasteiger partial charge on any atom is 0.330 e. The standard InChI is InChI=1S/C32H30F2N2O4/c1-2-40-30(38)12-11-29(37)36-21-32(27-20-26(34)9-10-28(27)36)13-15-35(16-14-32)31(39)24-7-3-5-22(18-24)17-23-6-4-8-25(33)19-23/h3-12,18-20H,2,13-17,21H2,1H3/b12-11+. The fraction of sp³-hybridized carbons (Fsp3) is 0.281. The number of carbonyl (C=O) groups is 3. The highest BCUT2D eigenvalue weighted by Crippen LogP contribution is 2.47. The Balaban J connectivity index is 1.30. The number of carbonyl (C=O) groups excluding carboxylic acids is 3. The van der Waals surface area contributed by atoms with E-state index in [9.17, 15) is 23.2 Å². The lowest BCUT2D eigenvalue weighted by Gasteiger charge is -2.40. The van der Waals surface area contributed by atoms with E-state index in [-0.39, 0.29) is 30.1 Å². The summed E-state index contributed by atoms with van der Waals surface area (Å²) in [5, 5.41) is 0. The van der Waals surface area contributed by atoms with Gasteiger partial charge in [0.05, 0.1) is 6.61 Å². The second-order valence-corrected chi connectivity index (χ2v) is 10.3. The van der Waals surface area contributed by atoms with Crippen LogP contribution in [0, 0.1) is 11.6 Å². The van der Waals surface area contributed by atoms with E-state index < -0.39 is 11.4 Å². The number of ether oxygens (including phenoxy) is 1. The molecule has 8 heteroatoms. The Labute approximate surface area is 231 Å². The molecule has 0 aromatic heterocycles. The molecule has 1 fully saturated rings. The van der Waals surface area contributed by atoms with Crippen molar-refractivity contribution in [1.82, 2.24) is 4.90 Å². The lowest BCUT2D eigenvalue weighted by molar-refractivity contribution is -0.137. The first-order chi connectivity index (χ1) is 19.3. The summed E-state index contributed by atoms with van der Waals surface area (Å²) < 4.78 is 32.8. The third-order valence-corrected chi connectivity index (χ3v) is 7.68. The first kappa shape index (κ1) is 27.2. The van der Waals surface area contributed by atoms with Gasteiger partial charge < -0.3 is 14.5 Å². The Bertz CT molecular complexity index is 1480. The van der Waals surface area contributed by atoms with Gasteiger partial charge in [-0.05, 0) is 85.3 Å². The predicted octanol–water partition coefficient (Wildman–Crippen LogP) is 5.20. The highest BCUT2D eigenvalue weighted by atomic mass is 19.1. The van der Waals surface area contributed by atoms with E-state index in [0.717, 1.165) is 22.8 Å². The summed E-state index contributed by atoms with van der Waals surface area (Å²) >= 11 is 0. The van der Waals surface area contributed by atoms with E-state index in [1.54, 1.807) is 34.9 Å². The van der Waals surface area contributed by atoms with Crippen molar-refractivity contribution < 1.29 is 27.9 Å². The largest absolute Gasteiger partial charge is 0.463 e. The van der Waals surface area contributed by atoms with Gasteiger partial charge in [-0.3, -0.25) is 9.59 Å². The Morgan fingerprint density at radius 2 is 1.60 bits per heavy atom. The fourth-order valence-corrected chi connectivity index (χ4v) is 5.70. The number of fused-ring (bicyclic) bond motifs is 2. The summed E-state index contributed by atoms with van der Waals surface area (Å²) in [7, 11) is 0. The Morgan fingerprint density at radius 3 is 2.33 bits per heavy atom. The molecule has 1 saturated heterocycles. The van der Waals surface area contributed by atoms with Gasteiger partial charge in [0.2, 0.25) is 0 Å². The lowest BCUT2D eigenvalue weighted by atomic mass is 9.74. The van der Waals surface area contributed by atoms with Crippen LogP contribution < -0.4 is 4.90 Å². The number of rotatable bonds is 6. The van der Waals surface area contributed by atoms with E-state index in [0.29, 0.717) is 50.1 Å². The fourth-order valence-electron chi connectivity index (χ4n) is 5.70. The third kappa shape index (κ3) is 5.66. The van der Waals surface area contributed by atoms with Crippen LogP contribution in [0.25, 0.3) is 0 Å². The summed E-state index contributed by atoms with van der Waals surface area (Å²) in [6.07, 6.45) is 3.91. The van der Waals surface area contributed by atoms with Crippen LogP contribution in [-0.2, 0) is 26.2 Å². The summed E-state index contributed by atoms with van der Waals surface area (Å²) in [5.41, 5.74) is 3.16. The minimum absolute atomic E-state index is 0.0984. The smallest absolute Gasteiger partial charge is 0.330 e. The highest BCUT2D eigenvalue weighted by Gasteiger charge is 2.46. The van der Waals surface area contributed by atoms with E-state index in [1.807, 2.05) is 24.3 Å². The Hall–Kier alpha value is -4.33. The highest BCUT2D eigenvalue weighted by molar-refractivity contribution is 6.06. The van der Waals surface area contributed by atoms with Gasteiger partial charge in [0.25, 0.3) is 11.8 Å². The minimum Gasteiger partial charge on any atom is -0.463 e. The Kier molecular flexibility index (Phi) is 7.78. The molecule has 2 aliphatic rings. The van der Waals surface area contributed by atoms with Gasteiger partial charge in [-0.1, -0.05) is 24.3 Å². The molecule has 2 amide bonds. The van der Waals surface area contributed by atoms with Gasteiger partial charge in [0.15, 0.2) is 0 Å². The molecule has 2 heterocycles. The number of halogens is 2. The number of likely N-dealkylation sites (tertiary alicyclic amines) is 1. The monoisotopic (exact) mass is 544 g/mol. The molecule has 40 heavy (non-hydrogen) atoms. The maximum absolute atomic E-state index is 14.3. The minimum atomic E-state index is -0.601. The molecule has 0 unspecified atom stereocenters. The molecule has 0 bridgehead atoms. The number of benzene rings is 3. The van der Waals surface area contributed by atoms with Crippen LogP contribution in [-0.4, -0.2) is 48.9 Å². The first-order valence-electron chi connectivity index (χ1n) is 13.4. The van der Waals surface area contributed by atoms with E-state index in [4.69, 9.17) is 4.74 Å². The van der Waals surface area contributed by atoms with Crippen molar-refractivity contribution in [3.05, 3.63) is 113 Å².